The van der Waals surface area contributed by atoms with Crippen molar-refractivity contribution in [1.82, 2.24) is 9.97 Å². The van der Waals surface area contributed by atoms with Crippen molar-refractivity contribution in [3.8, 4) is 0 Å². The number of halogens is 1. The monoisotopic (exact) mass is 287 g/mol. The van der Waals surface area contributed by atoms with Crippen molar-refractivity contribution in [3.63, 3.8) is 0 Å². The second kappa shape index (κ2) is 5.60. The quantitative estimate of drug-likeness (QED) is 0.920. The first-order valence-electron chi connectivity index (χ1n) is 6.68. The number of carbonyl (C=O) groups is 1. The van der Waals surface area contributed by atoms with E-state index >= 15 is 0 Å². The number of hydrogen-bond donors (Lipinski definition) is 1. The van der Waals surface area contributed by atoms with Gasteiger partial charge in [-0.1, -0.05) is 20.8 Å². The summed E-state index contributed by atoms with van der Waals surface area (Å²) in [5.41, 5.74) is 1.39. The lowest BCUT2D eigenvalue weighted by Crippen LogP contribution is -2.20. The average Bonchev–Trinajstić information content (AvgIpc) is 2.40. The summed E-state index contributed by atoms with van der Waals surface area (Å²) in [5.74, 6) is 0.0416. The minimum absolute atomic E-state index is 0.170. The zero-order valence-corrected chi connectivity index (χ0v) is 12.6. The van der Waals surface area contributed by atoms with E-state index in [0.717, 1.165) is 0 Å². The molecule has 110 valence electrons. The maximum atomic E-state index is 12.8. The third kappa shape index (κ3) is 3.62. The first-order valence-corrected chi connectivity index (χ1v) is 6.68. The van der Waals surface area contributed by atoms with Crippen LogP contribution in [0.4, 0.5) is 10.1 Å². The Hall–Kier alpha value is -2.30. The molecule has 0 saturated heterocycles. The van der Waals surface area contributed by atoms with E-state index in [9.17, 15) is 9.18 Å². The number of amides is 1. The first-order chi connectivity index (χ1) is 9.77. The number of carbonyl (C=O) groups excluding carboxylic acids is 1. The van der Waals surface area contributed by atoms with Crippen molar-refractivity contribution in [2.75, 3.05) is 5.32 Å². The zero-order valence-electron chi connectivity index (χ0n) is 12.6. The highest BCUT2D eigenvalue weighted by Gasteiger charge is 2.20. The van der Waals surface area contributed by atoms with Gasteiger partial charge in [0.25, 0.3) is 5.91 Å². The van der Waals surface area contributed by atoms with Gasteiger partial charge in [-0.3, -0.25) is 4.79 Å². The van der Waals surface area contributed by atoms with Crippen LogP contribution in [0.5, 0.6) is 0 Å². The molecule has 0 radical (unpaired) electrons. The van der Waals surface area contributed by atoms with Crippen LogP contribution >= 0.6 is 0 Å². The summed E-state index contributed by atoms with van der Waals surface area (Å²) in [7, 11) is 0. The highest BCUT2D eigenvalue weighted by Crippen LogP contribution is 2.19. The van der Waals surface area contributed by atoms with Gasteiger partial charge in [-0.15, -0.1) is 0 Å². The molecule has 2 rings (SSSR count). The number of rotatable bonds is 2. The van der Waals surface area contributed by atoms with Crippen molar-refractivity contribution in [3.05, 3.63) is 53.4 Å². The Morgan fingerprint density at radius 1 is 1.19 bits per heavy atom. The van der Waals surface area contributed by atoms with E-state index < -0.39 is 0 Å². The highest BCUT2D eigenvalue weighted by atomic mass is 19.1. The first kappa shape index (κ1) is 15.1. The fourth-order valence-corrected chi connectivity index (χ4v) is 1.78. The minimum Gasteiger partial charge on any atom is -0.322 e. The molecule has 1 N–H and O–H groups in total. The van der Waals surface area contributed by atoms with Crippen molar-refractivity contribution in [1.29, 1.82) is 0 Å². The molecule has 0 atom stereocenters. The zero-order chi connectivity index (χ0) is 15.6. The summed E-state index contributed by atoms with van der Waals surface area (Å²) < 4.78 is 12.8. The van der Waals surface area contributed by atoms with Crippen molar-refractivity contribution < 1.29 is 9.18 Å². The maximum Gasteiger partial charge on any atom is 0.259 e. The SMILES string of the molecule is Cc1nc(C(C)(C)C)ncc1C(=O)Nc1ccc(F)cc1. The van der Waals surface area contributed by atoms with E-state index in [2.05, 4.69) is 15.3 Å². The number of aryl methyl sites for hydroxylation is 1. The predicted octanol–water partition coefficient (Wildman–Crippen LogP) is 3.47. The minimum atomic E-state index is -0.345. The Kier molecular flexibility index (Phi) is 4.02. The lowest BCUT2D eigenvalue weighted by molar-refractivity contribution is 0.102. The number of nitrogens with zero attached hydrogens (tertiary/aromatic N) is 2. The summed E-state index contributed by atoms with van der Waals surface area (Å²) in [5, 5.41) is 2.70. The van der Waals surface area contributed by atoms with Crippen LogP contribution < -0.4 is 5.32 Å². The van der Waals surface area contributed by atoms with E-state index in [-0.39, 0.29) is 17.1 Å². The Labute approximate surface area is 123 Å². The summed E-state index contributed by atoms with van der Waals surface area (Å²) >= 11 is 0. The molecule has 0 aliphatic heterocycles. The molecule has 0 bridgehead atoms. The van der Waals surface area contributed by atoms with Gasteiger partial charge in [-0.25, -0.2) is 14.4 Å². The molecular formula is C16H18FN3O. The van der Waals surface area contributed by atoms with Gasteiger partial charge in [0, 0.05) is 17.3 Å². The van der Waals surface area contributed by atoms with Crippen LogP contribution in [0, 0.1) is 12.7 Å². The molecule has 4 nitrogen and oxygen atoms in total. The molecule has 2 aromatic rings. The van der Waals surface area contributed by atoms with Gasteiger partial charge in [0.05, 0.1) is 11.3 Å². The summed E-state index contributed by atoms with van der Waals surface area (Å²) in [6.07, 6.45) is 1.53. The Bertz CT molecular complexity index is 660. The second-order valence-electron chi connectivity index (χ2n) is 5.90. The van der Waals surface area contributed by atoms with Crippen molar-refractivity contribution in [2.45, 2.75) is 33.1 Å². The molecule has 1 aromatic carbocycles. The fourth-order valence-electron chi connectivity index (χ4n) is 1.78. The average molecular weight is 287 g/mol. The molecular weight excluding hydrogens is 269 g/mol. The number of benzene rings is 1. The standard InChI is InChI=1S/C16H18FN3O/c1-10-13(9-18-15(19-10)16(2,3)4)14(21)20-12-7-5-11(17)6-8-12/h5-9H,1-4H3,(H,20,21). The van der Waals surface area contributed by atoms with Crippen LogP contribution in [0.3, 0.4) is 0 Å². The molecule has 0 saturated carbocycles. The predicted molar refractivity (Wildman–Crippen MR) is 79.8 cm³/mol. The number of anilines is 1. The molecule has 0 fully saturated rings. The third-order valence-corrected chi connectivity index (χ3v) is 3.00. The van der Waals surface area contributed by atoms with E-state index in [1.54, 1.807) is 6.92 Å². The number of hydrogen-bond acceptors (Lipinski definition) is 3. The van der Waals surface area contributed by atoms with E-state index in [0.29, 0.717) is 22.8 Å². The van der Waals surface area contributed by atoms with Gasteiger partial charge >= 0.3 is 0 Å². The number of nitrogens with one attached hydrogen (secondary N) is 1. The molecule has 0 unspecified atom stereocenters. The van der Waals surface area contributed by atoms with E-state index in [4.69, 9.17) is 0 Å². The van der Waals surface area contributed by atoms with E-state index in [1.165, 1.54) is 30.5 Å². The maximum absolute atomic E-state index is 12.8. The van der Waals surface area contributed by atoms with Gasteiger partial charge in [-0.05, 0) is 31.2 Å². The Morgan fingerprint density at radius 2 is 1.81 bits per heavy atom. The highest BCUT2D eigenvalue weighted by molar-refractivity contribution is 6.04. The molecule has 0 aliphatic carbocycles. The van der Waals surface area contributed by atoms with Crippen molar-refractivity contribution >= 4 is 11.6 Å². The normalized spacial score (nSPS) is 11.3. The van der Waals surface area contributed by atoms with Crippen LogP contribution in [0.15, 0.2) is 30.5 Å². The van der Waals surface area contributed by atoms with Crippen LogP contribution in [0.2, 0.25) is 0 Å². The molecule has 0 aliphatic rings. The number of aromatic nitrogens is 2. The van der Waals surface area contributed by atoms with Gasteiger partial charge in [-0.2, -0.15) is 0 Å². The molecule has 5 heteroatoms. The molecule has 1 amide bonds. The van der Waals surface area contributed by atoms with Crippen LogP contribution in [-0.4, -0.2) is 15.9 Å². The lowest BCUT2D eigenvalue weighted by atomic mass is 9.95. The van der Waals surface area contributed by atoms with Crippen molar-refractivity contribution in [2.24, 2.45) is 0 Å². The second-order valence-corrected chi connectivity index (χ2v) is 5.90. The molecule has 1 heterocycles. The Balaban J connectivity index is 2.22. The van der Waals surface area contributed by atoms with Gasteiger partial charge in [0.2, 0.25) is 0 Å². The summed E-state index contributed by atoms with van der Waals surface area (Å²) in [6.45, 7) is 7.82. The molecule has 21 heavy (non-hydrogen) atoms. The fraction of sp³-hybridized carbons (Fsp3) is 0.312. The molecule has 1 aromatic heterocycles. The largest absolute Gasteiger partial charge is 0.322 e. The van der Waals surface area contributed by atoms with E-state index in [1.807, 2.05) is 20.8 Å². The summed E-state index contributed by atoms with van der Waals surface area (Å²) in [4.78, 5) is 20.8. The van der Waals surface area contributed by atoms with Crippen LogP contribution in [0.1, 0.15) is 42.6 Å². The third-order valence-electron chi connectivity index (χ3n) is 3.00. The van der Waals surface area contributed by atoms with Crippen LogP contribution in [-0.2, 0) is 5.41 Å². The lowest BCUT2D eigenvalue weighted by Gasteiger charge is -2.17. The van der Waals surface area contributed by atoms with Gasteiger partial charge < -0.3 is 5.32 Å². The topological polar surface area (TPSA) is 54.9 Å². The smallest absolute Gasteiger partial charge is 0.259 e. The Morgan fingerprint density at radius 3 is 2.33 bits per heavy atom. The summed E-state index contributed by atoms with van der Waals surface area (Å²) in [6, 6.07) is 5.60. The van der Waals surface area contributed by atoms with Gasteiger partial charge in [0.15, 0.2) is 0 Å². The van der Waals surface area contributed by atoms with Crippen LogP contribution in [0.25, 0.3) is 0 Å². The van der Waals surface area contributed by atoms with Gasteiger partial charge in [0.1, 0.15) is 11.6 Å². The molecule has 0 spiro atoms.